The first-order valence-electron chi connectivity index (χ1n) is 32.0. The van der Waals surface area contributed by atoms with Crippen LogP contribution in [0.4, 0.5) is 0 Å². The van der Waals surface area contributed by atoms with Crippen molar-refractivity contribution < 1.29 is 46.3 Å². The Morgan fingerprint density at radius 1 is 0.333 bits per heavy atom. The van der Waals surface area contributed by atoms with Crippen molar-refractivity contribution >= 4 is 55.9 Å². The van der Waals surface area contributed by atoms with Crippen LogP contribution in [0.2, 0.25) is 0 Å². The lowest BCUT2D eigenvalue weighted by atomic mass is 10.0. The Hall–Kier alpha value is -10.7. The van der Waals surface area contributed by atoms with Crippen molar-refractivity contribution in [2.24, 2.45) is 35.2 Å². The smallest absolute Gasteiger partial charge is 0.370 e. The maximum atomic E-state index is 8.06. The fourth-order valence-corrected chi connectivity index (χ4v) is 11.8. The molecule has 15 rings (SSSR count). The highest BCUT2D eigenvalue weighted by Crippen LogP contribution is 2.29. The van der Waals surface area contributed by atoms with Crippen LogP contribution in [-0.2, 0) is 35.2 Å². The number of pyridine rings is 5. The fourth-order valence-electron chi connectivity index (χ4n) is 11.8. The van der Waals surface area contributed by atoms with Gasteiger partial charge in [0.15, 0.2) is 11.2 Å². The Morgan fingerprint density at radius 2 is 0.667 bits per heavy atom. The molecule has 0 saturated heterocycles. The molecule has 0 N–H and O–H groups in total. The van der Waals surface area contributed by atoms with Crippen molar-refractivity contribution in [2.75, 3.05) is 0 Å². The van der Waals surface area contributed by atoms with E-state index in [2.05, 4.69) is 235 Å². The number of nitrogens with zero attached hydrogens (tertiary/aromatic N) is 8. The van der Waals surface area contributed by atoms with Crippen molar-refractivity contribution in [2.45, 2.75) is 88.0 Å². The second-order valence-corrected chi connectivity index (χ2v) is 24.3. The number of aryl methyl sites for hydroxylation is 12. The first kappa shape index (κ1) is 62.5. The Bertz CT molecular complexity index is 5100. The van der Waals surface area contributed by atoms with Crippen LogP contribution in [0.25, 0.3) is 112 Å². The summed E-state index contributed by atoms with van der Waals surface area (Å²) in [6, 6.07) is 66.4. The molecule has 0 saturated carbocycles. The summed E-state index contributed by atoms with van der Waals surface area (Å²) >= 11 is 0. The maximum Gasteiger partial charge on any atom is 0.370 e. The Labute approximate surface area is 545 Å². The van der Waals surface area contributed by atoms with Gasteiger partial charge >= 0.3 is 34.6 Å². The van der Waals surface area contributed by atoms with E-state index in [0.717, 1.165) is 79.0 Å². The average molecular weight is 1240 g/mol. The molecule has 0 fully saturated rings. The Balaban J connectivity index is 0.000000120. The predicted octanol–water partition coefficient (Wildman–Crippen LogP) is 17.2. The molecule has 15 aromatic rings. The minimum absolute atomic E-state index is 0.296. The Morgan fingerprint density at radius 3 is 1.06 bits per heavy atom. The van der Waals surface area contributed by atoms with E-state index in [1.807, 2.05) is 94.2 Å². The van der Waals surface area contributed by atoms with Gasteiger partial charge in [-0.1, -0.05) is 137 Å². The Kier molecular flexibility index (Phi) is 18.4. The predicted molar refractivity (Wildman–Crippen MR) is 369 cm³/mol. The molecule has 10 heterocycles. The van der Waals surface area contributed by atoms with Crippen LogP contribution in [0.5, 0.6) is 0 Å². The summed E-state index contributed by atoms with van der Waals surface area (Å²) in [6.45, 7) is 22.2. The van der Waals surface area contributed by atoms with Crippen LogP contribution < -0.4 is 22.8 Å². The molecule has 0 amide bonds. The van der Waals surface area contributed by atoms with Gasteiger partial charge in [0.05, 0.1) is 45.3 Å². The molecule has 13 nitrogen and oxygen atoms in total. The monoisotopic (exact) mass is 1240 g/mol. The molecule has 468 valence electrons. The van der Waals surface area contributed by atoms with Gasteiger partial charge in [0.2, 0.25) is 28.1 Å². The minimum Gasteiger partial charge on any atom is -0.458 e. The third-order valence-corrected chi connectivity index (χ3v) is 17.0. The highest BCUT2D eigenvalue weighted by molar-refractivity contribution is 5.76. The highest BCUT2D eigenvalue weighted by atomic mass is 16.4. The molecule has 0 bridgehead atoms. The van der Waals surface area contributed by atoms with Gasteiger partial charge in [0, 0.05) is 54.3 Å². The molecule has 0 radical (unpaired) electrons. The van der Waals surface area contributed by atoms with E-state index in [4.69, 9.17) is 23.5 Å². The van der Waals surface area contributed by atoms with E-state index < -0.39 is 5.89 Å². The van der Waals surface area contributed by atoms with Crippen molar-refractivity contribution in [3.63, 3.8) is 0 Å². The standard InChI is InChI=1S/2C17H19N2O.C16H16NO.C15H15N2O.C15H14NO/c2*1-11(2)17-18-16-15(20-17)10-9-14(19(16)4)13-8-6-5-7-12(13)3;1-11-6-4-5-7-13(11)14-8-9-16-15(17(14)3)10-12(2)18-16;1-10-6-4-5-7-12(10)13-8-9-14-15(17(13)3)16-11(2)18-14;1-11-5-3-4-6-12(11)13-7-8-15-14(16(13)2)9-10-17-15/h2*5-11H,1-4H3;4-10H,1-3H3;4-9H,1-3H3;3-10H,1-2H3/q5*+1/i11D;;;;. The number of oxazole rings is 3. The number of furan rings is 2. The van der Waals surface area contributed by atoms with Gasteiger partial charge in [-0.25, -0.2) is 13.7 Å². The van der Waals surface area contributed by atoms with Gasteiger partial charge in [-0.3, -0.25) is 0 Å². The number of benzene rings is 5. The van der Waals surface area contributed by atoms with Crippen molar-refractivity contribution in [3.05, 3.63) is 252 Å². The van der Waals surface area contributed by atoms with E-state index in [0.29, 0.717) is 23.3 Å². The summed E-state index contributed by atoms with van der Waals surface area (Å²) in [6.07, 6.45) is 1.73. The second-order valence-electron chi connectivity index (χ2n) is 24.3. The minimum atomic E-state index is -0.838. The summed E-state index contributed by atoms with van der Waals surface area (Å²) in [7, 11) is 10.2. The highest BCUT2D eigenvalue weighted by Gasteiger charge is 2.26. The van der Waals surface area contributed by atoms with Gasteiger partial charge in [0.25, 0.3) is 11.0 Å². The van der Waals surface area contributed by atoms with E-state index >= 15 is 0 Å². The fraction of sp³-hybridized carbons (Fsp3) is 0.225. The molecule has 0 aliphatic rings. The van der Waals surface area contributed by atoms with Crippen LogP contribution >= 0.6 is 0 Å². The molecule has 0 aliphatic heterocycles. The van der Waals surface area contributed by atoms with Crippen LogP contribution in [0.3, 0.4) is 0 Å². The van der Waals surface area contributed by atoms with Crippen LogP contribution in [-0.4, -0.2) is 15.0 Å². The zero-order valence-electron chi connectivity index (χ0n) is 57.2. The number of aromatic nitrogens is 8. The lowest BCUT2D eigenvalue weighted by molar-refractivity contribution is -0.635. The van der Waals surface area contributed by atoms with Crippen molar-refractivity contribution in [1.82, 2.24) is 15.0 Å². The molecular formula is C80H83N8O5+5. The van der Waals surface area contributed by atoms with Gasteiger partial charge in [-0.05, 0) is 145 Å². The number of hydrogen-bond acceptors (Lipinski definition) is 8. The van der Waals surface area contributed by atoms with Crippen molar-refractivity contribution in [3.8, 4) is 56.3 Å². The van der Waals surface area contributed by atoms with Gasteiger partial charge < -0.3 is 22.1 Å². The van der Waals surface area contributed by atoms with Crippen LogP contribution in [0.1, 0.15) is 92.1 Å². The number of rotatable bonds is 7. The van der Waals surface area contributed by atoms with E-state index in [-0.39, 0.29) is 0 Å². The van der Waals surface area contributed by atoms with Gasteiger partial charge in [-0.15, -0.1) is 0 Å². The second kappa shape index (κ2) is 27.4. The molecule has 0 aliphatic carbocycles. The molecular weight excluding hydrogens is 1150 g/mol. The summed E-state index contributed by atoms with van der Waals surface area (Å²) in [5.41, 5.74) is 27.3. The van der Waals surface area contributed by atoms with E-state index in [9.17, 15) is 0 Å². The topological polar surface area (TPSA) is 124 Å². The summed E-state index contributed by atoms with van der Waals surface area (Å²) in [5, 5.41) is 0. The molecule has 13 heteroatoms. The summed E-state index contributed by atoms with van der Waals surface area (Å²) < 4.78 is 46.7. The largest absolute Gasteiger partial charge is 0.458 e. The molecule has 0 atom stereocenters. The summed E-state index contributed by atoms with van der Waals surface area (Å²) in [5.74, 6) is 2.33. The maximum absolute atomic E-state index is 8.06. The molecule has 5 aromatic carbocycles. The first-order valence-corrected chi connectivity index (χ1v) is 31.5. The normalized spacial score (nSPS) is 11.5. The lowest BCUT2D eigenvalue weighted by Gasteiger charge is -2.05. The van der Waals surface area contributed by atoms with Gasteiger partial charge in [0.1, 0.15) is 36.9 Å². The van der Waals surface area contributed by atoms with Crippen LogP contribution in [0.15, 0.2) is 222 Å². The molecule has 10 aromatic heterocycles. The molecule has 0 spiro atoms. The average Bonchev–Trinajstić information content (AvgIpc) is 1.60. The number of fused-ring (bicyclic) bond motifs is 5. The van der Waals surface area contributed by atoms with Crippen LogP contribution in [0, 0.1) is 48.5 Å². The quantitative estimate of drug-likeness (QED) is 0.145. The first-order chi connectivity index (χ1) is 45.1. The molecule has 0 unspecified atom stereocenters. The van der Waals surface area contributed by atoms with Gasteiger partial charge in [-0.2, -0.15) is 9.13 Å². The zero-order chi connectivity index (χ0) is 66.7. The summed E-state index contributed by atoms with van der Waals surface area (Å²) in [4.78, 5) is 13.6. The SMILES string of the molecule is Cc1cc2c(ccc(-c3ccccc3C)[n+]2C)o1.Cc1ccccc1-c1ccc2oc(C(C)C)nc2[n+]1C.Cc1ccccc1-c1ccc2occc2[n+]1C.Cc1nc2c(ccc(-c3ccccc3C)[n+]2C)o1.[2H]C(C)(C)c1nc2c(ccc(-c3ccccc3C)[n+]2C)o1. The van der Waals surface area contributed by atoms with E-state index in [1.165, 1.54) is 67.0 Å². The van der Waals surface area contributed by atoms with E-state index in [1.54, 1.807) is 20.1 Å². The lowest BCUT2D eigenvalue weighted by Crippen LogP contribution is -2.32. The third-order valence-electron chi connectivity index (χ3n) is 17.0. The third kappa shape index (κ3) is 13.4. The zero-order valence-corrected chi connectivity index (χ0v) is 56.2. The van der Waals surface area contributed by atoms with Crippen molar-refractivity contribution in [1.29, 1.82) is 0 Å². The number of hydrogen-bond donors (Lipinski definition) is 0. The molecule has 93 heavy (non-hydrogen) atoms.